The summed E-state index contributed by atoms with van der Waals surface area (Å²) in [7, 11) is 1.59. The van der Waals surface area contributed by atoms with Crippen LogP contribution in [0.15, 0.2) is 79.9 Å². The van der Waals surface area contributed by atoms with E-state index >= 15 is 0 Å². The van der Waals surface area contributed by atoms with Crippen molar-refractivity contribution < 1.29 is 24.2 Å². The lowest BCUT2D eigenvalue weighted by molar-refractivity contribution is -0.142. The monoisotopic (exact) mass is 631 g/mol. The van der Waals surface area contributed by atoms with Crippen molar-refractivity contribution in [2.24, 2.45) is 17.8 Å². The second-order valence-electron chi connectivity index (χ2n) is 12.9. The van der Waals surface area contributed by atoms with Gasteiger partial charge in [0.2, 0.25) is 11.8 Å². The molecule has 3 heterocycles. The minimum Gasteiger partial charge on any atom is -0.497 e. The number of aliphatic hydroxyl groups excluding tert-OH is 1. The van der Waals surface area contributed by atoms with Gasteiger partial charge in [-0.25, -0.2) is 0 Å². The average molecular weight is 632 g/mol. The number of anilines is 2. The normalized spacial score (nSPS) is 27.3. The van der Waals surface area contributed by atoms with E-state index in [0.29, 0.717) is 37.2 Å². The number of amides is 3. The minimum atomic E-state index is -0.859. The van der Waals surface area contributed by atoms with Gasteiger partial charge in [-0.3, -0.25) is 14.4 Å². The third kappa shape index (κ3) is 5.58. The summed E-state index contributed by atoms with van der Waals surface area (Å²) in [6.45, 7) is 14.2. The molecule has 1 N–H and O–H groups in total. The van der Waals surface area contributed by atoms with Gasteiger partial charge in [0.15, 0.2) is 0 Å². The summed E-state index contributed by atoms with van der Waals surface area (Å²) in [6.07, 6.45) is 5.23. The van der Waals surface area contributed by atoms with Crippen molar-refractivity contribution in [1.82, 2.24) is 4.90 Å². The largest absolute Gasteiger partial charge is 0.497 e. The molecule has 240 valence electrons. The zero-order chi connectivity index (χ0) is 32.5. The molecule has 1 spiro atoms. The van der Waals surface area contributed by atoms with Crippen molar-refractivity contribution in [3.05, 3.63) is 79.9 Å². The van der Waals surface area contributed by atoms with Crippen molar-refractivity contribution in [2.45, 2.75) is 61.6 Å². The Morgan fingerprint density at radius 3 is 2.18 bits per heavy atom. The number of thioether (sulfide) groups is 1. The maximum absolute atomic E-state index is 15.0. The van der Waals surface area contributed by atoms with Crippen molar-refractivity contribution in [3.63, 3.8) is 0 Å². The molecule has 8 nitrogen and oxygen atoms in total. The number of carbonyl (C=O) groups excluding carboxylic acids is 3. The number of methoxy groups -OCH3 is 1. The summed E-state index contributed by atoms with van der Waals surface area (Å²) in [6, 6.07) is 15.3. The topological polar surface area (TPSA) is 90.4 Å². The molecular weight excluding hydrogens is 586 g/mol. The minimum absolute atomic E-state index is 0.133. The van der Waals surface area contributed by atoms with E-state index in [0.717, 1.165) is 5.69 Å². The van der Waals surface area contributed by atoms with Crippen LogP contribution in [0.5, 0.6) is 5.75 Å². The van der Waals surface area contributed by atoms with Crippen molar-refractivity contribution in [3.8, 4) is 5.75 Å². The molecule has 0 aromatic heterocycles. The highest BCUT2D eigenvalue weighted by molar-refractivity contribution is 8.02. The molecule has 3 aliphatic heterocycles. The highest BCUT2D eigenvalue weighted by Crippen LogP contribution is 2.72. The van der Waals surface area contributed by atoms with Crippen molar-refractivity contribution in [2.75, 3.05) is 36.6 Å². The summed E-state index contributed by atoms with van der Waals surface area (Å²) in [4.78, 5) is 49.5. The summed E-state index contributed by atoms with van der Waals surface area (Å²) in [5.41, 5.74) is 1.41. The van der Waals surface area contributed by atoms with Gasteiger partial charge in [0.1, 0.15) is 11.8 Å². The number of fused-ring (bicyclic) bond motifs is 1. The molecule has 0 saturated carbocycles. The van der Waals surface area contributed by atoms with E-state index < -0.39 is 33.4 Å². The molecule has 45 heavy (non-hydrogen) atoms. The molecule has 9 heteroatoms. The fourth-order valence-corrected chi connectivity index (χ4v) is 10.2. The smallest absolute Gasteiger partial charge is 0.251 e. The van der Waals surface area contributed by atoms with Crippen LogP contribution in [-0.2, 0) is 14.4 Å². The number of aliphatic hydroxyl groups is 1. The Morgan fingerprint density at radius 1 is 1.02 bits per heavy atom. The highest BCUT2D eigenvalue weighted by Gasteiger charge is 2.78. The van der Waals surface area contributed by atoms with E-state index in [9.17, 15) is 19.5 Å². The standard InChI is InChI=1S/C36H45N3O5S/c1-7-20-37(25-12-10-9-11-13-25)32(41)29-30-33(42)39(27(23-40)22-24(3)4)31(36(30)19-18-35(29,5)45-36)34(43)38(21-8-2)26-14-16-28(44-6)17-15-26/h7-17,24,27,29-31,40H,1-2,18-23H2,3-6H3/t27-,29+,30+,31?,35-,36?/m1/s1. The molecule has 2 bridgehead atoms. The van der Waals surface area contributed by atoms with Crippen LogP contribution >= 0.6 is 11.8 Å². The maximum Gasteiger partial charge on any atom is 0.251 e. The number of carbonyl (C=O) groups is 3. The number of para-hydroxylation sites is 1. The van der Waals surface area contributed by atoms with E-state index in [4.69, 9.17) is 4.74 Å². The SMILES string of the molecule is C=CCN(C(=O)C1N([C@@H](CO)CC(C)C)C(=O)[C@@H]2[C@@H](C(=O)N(CC=C)c3ccccc3)[C@@]3(C)CCC12S3)c1ccc(OC)cc1. The van der Waals surface area contributed by atoms with Gasteiger partial charge in [0.05, 0.1) is 36.3 Å². The fourth-order valence-electron chi connectivity index (χ4n) is 7.82. The molecule has 3 aliphatic rings. The summed E-state index contributed by atoms with van der Waals surface area (Å²) < 4.78 is 3.98. The Balaban J connectivity index is 1.63. The van der Waals surface area contributed by atoms with Gasteiger partial charge in [0.25, 0.3) is 5.91 Å². The summed E-state index contributed by atoms with van der Waals surface area (Å²) in [5, 5.41) is 10.7. The number of hydrogen-bond acceptors (Lipinski definition) is 6. The Hall–Kier alpha value is -3.56. The van der Waals surface area contributed by atoms with Crippen molar-refractivity contribution in [1.29, 1.82) is 0 Å². The Bertz CT molecular complexity index is 1430. The van der Waals surface area contributed by atoms with Crippen LogP contribution in [0.3, 0.4) is 0 Å². The first-order valence-electron chi connectivity index (χ1n) is 15.7. The van der Waals surface area contributed by atoms with Gasteiger partial charge in [-0.15, -0.1) is 24.9 Å². The van der Waals surface area contributed by atoms with Crippen LogP contribution in [0.25, 0.3) is 0 Å². The fraction of sp³-hybridized carbons (Fsp3) is 0.472. The molecule has 2 aromatic carbocycles. The molecule has 0 radical (unpaired) electrons. The number of likely N-dealkylation sites (tertiary alicyclic amines) is 1. The quantitative estimate of drug-likeness (QED) is 0.301. The van der Waals surface area contributed by atoms with Crippen LogP contribution in [-0.4, -0.2) is 76.1 Å². The molecule has 3 amide bonds. The molecule has 3 saturated heterocycles. The molecule has 3 fully saturated rings. The third-order valence-corrected chi connectivity index (χ3v) is 11.7. The van der Waals surface area contributed by atoms with Gasteiger partial charge < -0.3 is 24.5 Å². The molecule has 0 aliphatic carbocycles. The van der Waals surface area contributed by atoms with E-state index in [1.54, 1.807) is 57.9 Å². The molecular formula is C36H45N3O5S. The van der Waals surface area contributed by atoms with Gasteiger partial charge in [-0.05, 0) is 68.5 Å². The van der Waals surface area contributed by atoms with E-state index in [-0.39, 0.29) is 36.8 Å². The predicted octanol–water partition coefficient (Wildman–Crippen LogP) is 5.32. The first-order valence-corrected chi connectivity index (χ1v) is 16.5. The molecule has 5 rings (SSSR count). The van der Waals surface area contributed by atoms with Gasteiger partial charge in [0, 0.05) is 29.2 Å². The lowest BCUT2D eigenvalue weighted by atomic mass is 9.66. The molecule has 2 unspecified atom stereocenters. The van der Waals surface area contributed by atoms with Crippen LogP contribution < -0.4 is 14.5 Å². The van der Waals surface area contributed by atoms with Crippen LogP contribution in [0.2, 0.25) is 0 Å². The first-order chi connectivity index (χ1) is 21.6. The van der Waals surface area contributed by atoms with Gasteiger partial charge in [-0.2, -0.15) is 0 Å². The van der Waals surface area contributed by atoms with Crippen LogP contribution in [0, 0.1) is 17.8 Å². The number of hydrogen-bond donors (Lipinski definition) is 1. The lowest BCUT2D eigenvalue weighted by Gasteiger charge is -2.40. The number of nitrogens with zero attached hydrogens (tertiary/aromatic N) is 3. The number of rotatable bonds is 13. The van der Waals surface area contributed by atoms with Gasteiger partial charge >= 0.3 is 0 Å². The zero-order valence-corrected chi connectivity index (χ0v) is 27.5. The highest BCUT2D eigenvalue weighted by atomic mass is 32.2. The van der Waals surface area contributed by atoms with Crippen molar-refractivity contribution >= 4 is 40.9 Å². The Labute approximate surface area is 271 Å². The second kappa shape index (κ2) is 13.0. The molecule has 2 aromatic rings. The Morgan fingerprint density at radius 2 is 1.62 bits per heavy atom. The maximum atomic E-state index is 15.0. The Kier molecular flexibility index (Phi) is 9.52. The lowest BCUT2D eigenvalue weighted by Crippen LogP contribution is -2.58. The zero-order valence-electron chi connectivity index (χ0n) is 26.7. The third-order valence-electron chi connectivity index (χ3n) is 9.67. The summed E-state index contributed by atoms with van der Waals surface area (Å²) in [5.74, 6) is -1.09. The predicted molar refractivity (Wildman–Crippen MR) is 180 cm³/mol. The molecule has 6 atom stereocenters. The average Bonchev–Trinajstić information content (AvgIpc) is 3.61. The number of benzene rings is 2. The van der Waals surface area contributed by atoms with E-state index in [1.807, 2.05) is 56.3 Å². The van der Waals surface area contributed by atoms with Crippen LogP contribution in [0.1, 0.15) is 40.0 Å². The van der Waals surface area contributed by atoms with Crippen LogP contribution in [0.4, 0.5) is 11.4 Å². The number of ether oxygens (including phenoxy) is 1. The van der Waals surface area contributed by atoms with Gasteiger partial charge in [-0.1, -0.05) is 44.2 Å². The second-order valence-corrected chi connectivity index (χ2v) is 14.8. The van der Waals surface area contributed by atoms with E-state index in [2.05, 4.69) is 20.1 Å². The summed E-state index contributed by atoms with van der Waals surface area (Å²) >= 11 is 1.64. The first kappa shape index (κ1) is 32.8. The van der Waals surface area contributed by atoms with E-state index in [1.165, 1.54) is 0 Å².